The van der Waals surface area contributed by atoms with Gasteiger partial charge in [-0.3, -0.25) is 0 Å². The zero-order valence-corrected chi connectivity index (χ0v) is 12.5. The highest BCUT2D eigenvalue weighted by Crippen LogP contribution is 2.35. The predicted molar refractivity (Wildman–Crippen MR) is 75.3 cm³/mol. The van der Waals surface area contributed by atoms with E-state index in [0.29, 0.717) is 17.8 Å². The first-order valence-electron chi connectivity index (χ1n) is 7.33. The van der Waals surface area contributed by atoms with Crippen molar-refractivity contribution >= 4 is 5.97 Å². The van der Waals surface area contributed by atoms with E-state index < -0.39 is 0 Å². The molecular formula is C16H28O2. The number of allylic oxidation sites excluding steroid dienone is 1. The van der Waals surface area contributed by atoms with Crippen molar-refractivity contribution < 1.29 is 9.53 Å². The van der Waals surface area contributed by atoms with Gasteiger partial charge in [0.1, 0.15) is 6.10 Å². The minimum Gasteiger partial charge on any atom is -0.459 e. The van der Waals surface area contributed by atoms with Crippen molar-refractivity contribution in [1.29, 1.82) is 0 Å². The Labute approximate surface area is 112 Å². The number of esters is 1. The number of carbonyl (C=O) groups excluding carboxylic acids is 1. The SMILES string of the molecule is CC/C=C(\C)C(=O)OC1CC(C)CCC1C(C)C. The number of carbonyl (C=O) groups is 1. The molecule has 0 aromatic carbocycles. The fourth-order valence-electron chi connectivity index (χ4n) is 2.87. The Hall–Kier alpha value is -0.790. The Bertz CT molecular complexity index is 304. The molecule has 0 aromatic heterocycles. The summed E-state index contributed by atoms with van der Waals surface area (Å²) in [6.07, 6.45) is 6.41. The standard InChI is InChI=1S/C16H28O2/c1-6-7-13(5)16(17)18-15-10-12(4)8-9-14(15)11(2)3/h7,11-12,14-15H,6,8-10H2,1-5H3/b13-7+. The van der Waals surface area contributed by atoms with Crippen LogP contribution in [-0.4, -0.2) is 12.1 Å². The van der Waals surface area contributed by atoms with Crippen LogP contribution in [0.1, 0.15) is 60.3 Å². The lowest BCUT2D eigenvalue weighted by atomic mass is 9.75. The second kappa shape index (κ2) is 6.96. The van der Waals surface area contributed by atoms with Crippen molar-refractivity contribution in [2.45, 2.75) is 66.4 Å². The van der Waals surface area contributed by atoms with Crippen LogP contribution in [0.25, 0.3) is 0 Å². The van der Waals surface area contributed by atoms with Crippen molar-refractivity contribution in [3.63, 3.8) is 0 Å². The highest BCUT2D eigenvalue weighted by atomic mass is 16.5. The zero-order chi connectivity index (χ0) is 13.7. The molecule has 104 valence electrons. The summed E-state index contributed by atoms with van der Waals surface area (Å²) in [5.74, 6) is 1.67. The van der Waals surface area contributed by atoms with E-state index in [1.54, 1.807) is 0 Å². The van der Waals surface area contributed by atoms with Crippen LogP contribution < -0.4 is 0 Å². The maximum absolute atomic E-state index is 12.0. The van der Waals surface area contributed by atoms with E-state index in [4.69, 9.17) is 4.74 Å². The summed E-state index contributed by atoms with van der Waals surface area (Å²) >= 11 is 0. The number of hydrogen-bond acceptors (Lipinski definition) is 2. The molecule has 0 saturated heterocycles. The largest absolute Gasteiger partial charge is 0.459 e. The number of ether oxygens (including phenoxy) is 1. The Morgan fingerprint density at radius 2 is 2.06 bits per heavy atom. The average molecular weight is 252 g/mol. The van der Waals surface area contributed by atoms with Crippen molar-refractivity contribution in [1.82, 2.24) is 0 Å². The molecule has 2 heteroatoms. The van der Waals surface area contributed by atoms with Gasteiger partial charge in [-0.1, -0.05) is 40.2 Å². The lowest BCUT2D eigenvalue weighted by Crippen LogP contribution is -2.36. The summed E-state index contributed by atoms with van der Waals surface area (Å²) in [5.41, 5.74) is 0.748. The Balaban J connectivity index is 2.66. The van der Waals surface area contributed by atoms with Crippen molar-refractivity contribution in [3.8, 4) is 0 Å². The van der Waals surface area contributed by atoms with Crippen LogP contribution in [0, 0.1) is 17.8 Å². The number of hydrogen-bond donors (Lipinski definition) is 0. The normalized spacial score (nSPS) is 29.4. The van der Waals surface area contributed by atoms with Crippen molar-refractivity contribution in [2.75, 3.05) is 0 Å². The zero-order valence-electron chi connectivity index (χ0n) is 12.5. The average Bonchev–Trinajstić information content (AvgIpc) is 2.28. The molecule has 0 spiro atoms. The summed E-state index contributed by atoms with van der Waals surface area (Å²) in [4.78, 5) is 12.0. The van der Waals surface area contributed by atoms with Crippen molar-refractivity contribution in [3.05, 3.63) is 11.6 Å². The van der Waals surface area contributed by atoms with Crippen LogP contribution >= 0.6 is 0 Å². The molecule has 1 fully saturated rings. The molecule has 0 amide bonds. The minimum absolute atomic E-state index is 0.112. The second-order valence-corrected chi connectivity index (χ2v) is 6.07. The molecule has 3 unspecified atom stereocenters. The molecule has 0 N–H and O–H groups in total. The Morgan fingerprint density at radius 1 is 1.39 bits per heavy atom. The fourth-order valence-corrected chi connectivity index (χ4v) is 2.87. The van der Waals surface area contributed by atoms with Crippen LogP contribution in [0.2, 0.25) is 0 Å². The topological polar surface area (TPSA) is 26.3 Å². The summed E-state index contributed by atoms with van der Waals surface area (Å²) < 4.78 is 5.74. The summed E-state index contributed by atoms with van der Waals surface area (Å²) in [6, 6.07) is 0. The van der Waals surface area contributed by atoms with Crippen LogP contribution in [0.5, 0.6) is 0 Å². The van der Waals surface area contributed by atoms with Crippen LogP contribution in [0.4, 0.5) is 0 Å². The molecule has 0 bridgehead atoms. The lowest BCUT2D eigenvalue weighted by Gasteiger charge is -2.36. The summed E-state index contributed by atoms with van der Waals surface area (Å²) in [6.45, 7) is 10.6. The molecule has 18 heavy (non-hydrogen) atoms. The van der Waals surface area contributed by atoms with Gasteiger partial charge in [0.05, 0.1) is 0 Å². The third kappa shape index (κ3) is 4.15. The highest BCUT2D eigenvalue weighted by molar-refractivity contribution is 5.87. The second-order valence-electron chi connectivity index (χ2n) is 6.07. The van der Waals surface area contributed by atoms with Gasteiger partial charge in [0.25, 0.3) is 0 Å². The van der Waals surface area contributed by atoms with Gasteiger partial charge in [0.15, 0.2) is 0 Å². The van der Waals surface area contributed by atoms with Gasteiger partial charge in [-0.25, -0.2) is 4.79 Å². The van der Waals surface area contributed by atoms with E-state index >= 15 is 0 Å². The van der Waals surface area contributed by atoms with Gasteiger partial charge in [0, 0.05) is 5.57 Å². The fraction of sp³-hybridized carbons (Fsp3) is 0.812. The molecule has 1 rings (SSSR count). The van der Waals surface area contributed by atoms with E-state index in [2.05, 4.69) is 20.8 Å². The van der Waals surface area contributed by atoms with Crippen LogP contribution in [0.15, 0.2) is 11.6 Å². The lowest BCUT2D eigenvalue weighted by molar-refractivity contribution is -0.151. The van der Waals surface area contributed by atoms with E-state index in [-0.39, 0.29) is 12.1 Å². The third-order valence-electron chi connectivity index (χ3n) is 4.05. The highest BCUT2D eigenvalue weighted by Gasteiger charge is 2.33. The minimum atomic E-state index is -0.124. The molecule has 0 radical (unpaired) electrons. The van der Waals surface area contributed by atoms with Gasteiger partial charge in [-0.05, 0) is 43.9 Å². The van der Waals surface area contributed by atoms with Gasteiger partial charge >= 0.3 is 5.97 Å². The Morgan fingerprint density at radius 3 is 2.61 bits per heavy atom. The van der Waals surface area contributed by atoms with Gasteiger partial charge in [-0.2, -0.15) is 0 Å². The summed E-state index contributed by atoms with van der Waals surface area (Å²) in [7, 11) is 0. The maximum atomic E-state index is 12.0. The molecule has 0 aliphatic heterocycles. The molecule has 0 aromatic rings. The van der Waals surface area contributed by atoms with Gasteiger partial charge in [0.2, 0.25) is 0 Å². The van der Waals surface area contributed by atoms with Crippen LogP contribution in [-0.2, 0) is 9.53 Å². The summed E-state index contributed by atoms with van der Waals surface area (Å²) in [5, 5.41) is 0. The Kier molecular flexibility index (Phi) is 5.90. The first-order chi connectivity index (χ1) is 8.45. The molecule has 1 aliphatic rings. The first-order valence-corrected chi connectivity index (χ1v) is 7.33. The van der Waals surface area contributed by atoms with E-state index in [1.807, 2.05) is 19.9 Å². The maximum Gasteiger partial charge on any atom is 0.333 e. The smallest absolute Gasteiger partial charge is 0.333 e. The first kappa shape index (κ1) is 15.3. The van der Waals surface area contributed by atoms with E-state index in [1.165, 1.54) is 12.8 Å². The molecule has 1 aliphatic carbocycles. The predicted octanol–water partition coefficient (Wildman–Crippen LogP) is 4.35. The number of rotatable bonds is 4. The van der Waals surface area contributed by atoms with Crippen molar-refractivity contribution in [2.24, 2.45) is 17.8 Å². The molecule has 3 atom stereocenters. The third-order valence-corrected chi connectivity index (χ3v) is 4.05. The van der Waals surface area contributed by atoms with Gasteiger partial charge < -0.3 is 4.74 Å². The molecule has 1 saturated carbocycles. The monoisotopic (exact) mass is 252 g/mol. The molecule has 0 heterocycles. The van der Waals surface area contributed by atoms with E-state index in [0.717, 1.165) is 18.4 Å². The van der Waals surface area contributed by atoms with Crippen LogP contribution in [0.3, 0.4) is 0 Å². The quantitative estimate of drug-likeness (QED) is 0.549. The van der Waals surface area contributed by atoms with Gasteiger partial charge in [-0.15, -0.1) is 0 Å². The molecular weight excluding hydrogens is 224 g/mol. The molecule has 2 nitrogen and oxygen atoms in total. The van der Waals surface area contributed by atoms with E-state index in [9.17, 15) is 4.79 Å².